The second-order valence-electron chi connectivity index (χ2n) is 12.0. The zero-order valence-electron chi connectivity index (χ0n) is 27.3. The molecule has 0 saturated carbocycles. The van der Waals surface area contributed by atoms with Crippen LogP contribution in [0.2, 0.25) is 0 Å². The van der Waals surface area contributed by atoms with Crippen LogP contribution in [0.4, 0.5) is 0 Å². The number of rotatable bonds is 20. The number of aromatic nitrogens is 1. The highest BCUT2D eigenvalue weighted by atomic mass is 16.4. The van der Waals surface area contributed by atoms with Crippen molar-refractivity contribution in [3.05, 3.63) is 36.0 Å². The van der Waals surface area contributed by atoms with Crippen LogP contribution in [0.3, 0.4) is 0 Å². The molecular weight excluding hydrogens is 626 g/mol. The minimum atomic E-state index is -1.43. The second-order valence-corrected chi connectivity index (χ2v) is 12.0. The Bertz CT molecular complexity index is 1460. The Morgan fingerprint density at radius 3 is 2.10 bits per heavy atom. The summed E-state index contributed by atoms with van der Waals surface area (Å²) in [6.45, 7) is 5.35. The number of benzene rings is 1. The Labute approximate surface area is 277 Å². The predicted octanol–water partition coefficient (Wildman–Crippen LogP) is -0.744. The first-order chi connectivity index (χ1) is 22.6. The zero-order chi connectivity index (χ0) is 36.0. The number of fused-ring (bicyclic) bond motifs is 1. The van der Waals surface area contributed by atoms with Crippen LogP contribution >= 0.6 is 0 Å². The van der Waals surface area contributed by atoms with E-state index in [9.17, 15) is 39.0 Å². The van der Waals surface area contributed by atoms with E-state index in [0.29, 0.717) is 12.0 Å². The summed E-state index contributed by atoms with van der Waals surface area (Å²) in [5.41, 5.74) is 12.5. The second kappa shape index (κ2) is 18.8. The highest BCUT2D eigenvalue weighted by molar-refractivity contribution is 5.96. The normalized spacial score (nSPS) is 14.2. The standard InChI is InChI=1S/C31H47N9O8/c1-16(2)13-20(32)27(44)37-17(3)26(43)38-22(10-11-25(41)42)28(45)40-24(14-18-15-36-21-8-5-4-7-19(18)21)29(46)39-23(30(47)48)9-6-12-35-31(33)34/h4-5,7-8,15-17,20,22-24,36H,6,9-14,32H2,1-3H3,(H,37,44)(H,38,43)(H,39,46)(H,40,45)(H,41,42)(H,47,48)(H4,33,34,35)/t17-,20-,22-,23-,24-/m0/s1. The third-order valence-corrected chi connectivity index (χ3v) is 7.43. The molecule has 4 amide bonds. The van der Waals surface area contributed by atoms with Crippen molar-refractivity contribution in [1.29, 1.82) is 5.41 Å². The van der Waals surface area contributed by atoms with E-state index in [2.05, 4.69) is 31.6 Å². The molecule has 17 heteroatoms. The number of hydrogen-bond donors (Lipinski definition) is 11. The van der Waals surface area contributed by atoms with Gasteiger partial charge in [0, 0.05) is 36.5 Å². The molecule has 1 aromatic carbocycles. The van der Waals surface area contributed by atoms with Gasteiger partial charge in [0.1, 0.15) is 24.2 Å². The fourth-order valence-corrected chi connectivity index (χ4v) is 4.90. The van der Waals surface area contributed by atoms with Gasteiger partial charge in [0.25, 0.3) is 0 Å². The van der Waals surface area contributed by atoms with Crippen LogP contribution in [0.15, 0.2) is 30.5 Å². The van der Waals surface area contributed by atoms with Gasteiger partial charge in [0.05, 0.1) is 6.04 Å². The molecular formula is C31H47N9O8. The van der Waals surface area contributed by atoms with E-state index >= 15 is 0 Å². The maximum absolute atomic E-state index is 13.6. The van der Waals surface area contributed by atoms with Crippen molar-refractivity contribution in [3.8, 4) is 0 Å². The van der Waals surface area contributed by atoms with E-state index in [1.807, 2.05) is 26.0 Å². The number of H-pyrrole nitrogens is 1. The largest absolute Gasteiger partial charge is 0.481 e. The van der Waals surface area contributed by atoms with Crippen LogP contribution in [0.1, 0.15) is 58.4 Å². The third kappa shape index (κ3) is 12.9. The topological polar surface area (TPSA) is 295 Å². The fraction of sp³-hybridized carbons (Fsp3) is 0.516. The van der Waals surface area contributed by atoms with Crippen molar-refractivity contribution >= 4 is 52.4 Å². The lowest BCUT2D eigenvalue weighted by molar-refractivity contribution is -0.142. The van der Waals surface area contributed by atoms with Gasteiger partial charge in [-0.3, -0.25) is 29.4 Å². The molecule has 2 rings (SSSR count). The molecule has 1 heterocycles. The molecule has 0 fully saturated rings. The smallest absolute Gasteiger partial charge is 0.326 e. The van der Waals surface area contributed by atoms with Crippen LogP contribution in [-0.2, 0) is 35.2 Å². The van der Waals surface area contributed by atoms with E-state index in [0.717, 1.165) is 10.9 Å². The molecule has 17 nitrogen and oxygen atoms in total. The van der Waals surface area contributed by atoms with Gasteiger partial charge in [-0.1, -0.05) is 32.0 Å². The average Bonchev–Trinajstić information content (AvgIpc) is 3.41. The lowest BCUT2D eigenvalue weighted by atomic mass is 10.0. The summed E-state index contributed by atoms with van der Waals surface area (Å²) < 4.78 is 0. The van der Waals surface area contributed by atoms with Crippen molar-refractivity contribution in [2.75, 3.05) is 6.54 Å². The maximum atomic E-state index is 13.6. The van der Waals surface area contributed by atoms with E-state index in [1.165, 1.54) is 6.92 Å². The number of amides is 4. The molecule has 0 aliphatic carbocycles. The number of carboxylic acids is 2. The summed E-state index contributed by atoms with van der Waals surface area (Å²) in [4.78, 5) is 79.1. The van der Waals surface area contributed by atoms with Crippen LogP contribution in [0.5, 0.6) is 0 Å². The molecule has 0 unspecified atom stereocenters. The van der Waals surface area contributed by atoms with Crippen molar-refractivity contribution in [3.63, 3.8) is 0 Å². The molecule has 0 aliphatic heterocycles. The number of guanidine groups is 1. The van der Waals surface area contributed by atoms with Gasteiger partial charge in [0.2, 0.25) is 23.6 Å². The van der Waals surface area contributed by atoms with Crippen LogP contribution in [0, 0.1) is 11.3 Å². The number of para-hydroxylation sites is 1. The van der Waals surface area contributed by atoms with Gasteiger partial charge in [-0.2, -0.15) is 0 Å². The van der Waals surface area contributed by atoms with E-state index in [-0.39, 0.29) is 44.1 Å². The van der Waals surface area contributed by atoms with Crippen molar-refractivity contribution in [2.24, 2.45) is 17.4 Å². The molecule has 0 spiro atoms. The van der Waals surface area contributed by atoms with Gasteiger partial charge >= 0.3 is 11.9 Å². The molecule has 1 aromatic heterocycles. The number of carboxylic acid groups (broad SMARTS) is 2. The Kier molecular flexibility index (Phi) is 15.3. The van der Waals surface area contributed by atoms with Crippen LogP contribution in [-0.4, -0.2) is 93.5 Å². The average molecular weight is 674 g/mol. The van der Waals surface area contributed by atoms with E-state index in [4.69, 9.17) is 16.9 Å². The fourth-order valence-electron chi connectivity index (χ4n) is 4.90. The van der Waals surface area contributed by atoms with Crippen molar-refractivity contribution in [1.82, 2.24) is 31.6 Å². The van der Waals surface area contributed by atoms with Crippen molar-refractivity contribution < 1.29 is 39.0 Å². The third-order valence-electron chi connectivity index (χ3n) is 7.43. The number of nitrogens with two attached hydrogens (primary N) is 2. The van der Waals surface area contributed by atoms with Crippen LogP contribution in [0.25, 0.3) is 10.9 Å². The molecule has 2 aromatic rings. The highest BCUT2D eigenvalue weighted by Crippen LogP contribution is 2.19. The van der Waals surface area contributed by atoms with Gasteiger partial charge in [-0.05, 0) is 50.2 Å². The van der Waals surface area contributed by atoms with Crippen LogP contribution < -0.4 is 38.1 Å². The SMILES string of the molecule is CC(C)C[C@H](N)C(=O)N[C@@H](C)C(=O)N[C@@H](CCC(=O)O)C(=O)N[C@@H](Cc1c[nH]c2ccccc12)C(=O)N[C@@H](CCCNC(=N)N)C(=O)O. The number of hydrogen-bond acceptors (Lipinski definition) is 8. The summed E-state index contributed by atoms with van der Waals surface area (Å²) >= 11 is 0. The number of carbonyl (C=O) groups is 6. The summed E-state index contributed by atoms with van der Waals surface area (Å²) in [5, 5.41) is 39.5. The lowest BCUT2D eigenvalue weighted by Crippen LogP contribution is -2.58. The Morgan fingerprint density at radius 2 is 1.48 bits per heavy atom. The minimum absolute atomic E-state index is 0.0170. The first-order valence-corrected chi connectivity index (χ1v) is 15.6. The molecule has 0 saturated heterocycles. The van der Waals surface area contributed by atoms with Crippen molar-refractivity contribution in [2.45, 2.75) is 89.5 Å². The summed E-state index contributed by atoms with van der Waals surface area (Å²) in [7, 11) is 0. The molecule has 0 aliphatic rings. The minimum Gasteiger partial charge on any atom is -0.481 e. The number of nitrogens with one attached hydrogen (secondary N) is 7. The monoisotopic (exact) mass is 673 g/mol. The van der Waals surface area contributed by atoms with Gasteiger partial charge in [-0.25, -0.2) is 4.79 Å². The first-order valence-electron chi connectivity index (χ1n) is 15.6. The first kappa shape index (κ1) is 39.0. The zero-order valence-corrected chi connectivity index (χ0v) is 27.3. The number of carbonyl (C=O) groups excluding carboxylic acids is 4. The Hall–Kier alpha value is -5.19. The predicted molar refractivity (Wildman–Crippen MR) is 176 cm³/mol. The molecule has 13 N–H and O–H groups in total. The summed E-state index contributed by atoms with van der Waals surface area (Å²) in [6.07, 6.45) is 1.32. The maximum Gasteiger partial charge on any atom is 0.326 e. The van der Waals surface area contributed by atoms with Gasteiger partial charge < -0.3 is 53.2 Å². The quantitative estimate of drug-likeness (QED) is 0.0472. The van der Waals surface area contributed by atoms with Gasteiger partial charge in [0.15, 0.2) is 5.96 Å². The van der Waals surface area contributed by atoms with Gasteiger partial charge in [-0.15, -0.1) is 0 Å². The van der Waals surface area contributed by atoms with E-state index in [1.54, 1.807) is 18.3 Å². The van der Waals surface area contributed by atoms with E-state index < -0.39 is 72.2 Å². The molecule has 5 atom stereocenters. The highest BCUT2D eigenvalue weighted by Gasteiger charge is 2.32. The number of aliphatic carboxylic acids is 2. The number of aromatic amines is 1. The molecule has 0 radical (unpaired) electrons. The molecule has 48 heavy (non-hydrogen) atoms. The Morgan fingerprint density at radius 1 is 0.854 bits per heavy atom. The Balaban J connectivity index is 2.29. The summed E-state index contributed by atoms with van der Waals surface area (Å²) in [6, 6.07) is 1.11. The molecule has 0 bridgehead atoms. The molecule has 264 valence electrons. The lowest BCUT2D eigenvalue weighted by Gasteiger charge is -2.25. The summed E-state index contributed by atoms with van der Waals surface area (Å²) in [5.74, 6) is -5.79.